The van der Waals surface area contributed by atoms with Gasteiger partial charge in [0.1, 0.15) is 0 Å². The zero-order valence-corrected chi connectivity index (χ0v) is 22.7. The van der Waals surface area contributed by atoms with Crippen molar-refractivity contribution in [2.24, 2.45) is 0 Å². The van der Waals surface area contributed by atoms with Gasteiger partial charge in [0.2, 0.25) is 0 Å². The van der Waals surface area contributed by atoms with Crippen LogP contribution in [0.1, 0.15) is 0 Å². The molecule has 0 unspecified atom stereocenters. The first-order valence-corrected chi connectivity index (χ1v) is 14.2. The van der Waals surface area contributed by atoms with Gasteiger partial charge in [-0.1, -0.05) is 90.5 Å². The smallest absolute Gasteiger partial charge is 0.0462 e. The summed E-state index contributed by atoms with van der Waals surface area (Å²) in [6.07, 6.45) is 0. The average Bonchev–Trinajstić information content (AvgIpc) is 3.36. The second-order valence-electron chi connectivity index (χ2n) is 9.58. The Morgan fingerprint density at radius 1 is 0.410 bits per heavy atom. The fourth-order valence-corrected chi connectivity index (χ4v) is 6.43. The van der Waals surface area contributed by atoms with E-state index in [2.05, 4.69) is 138 Å². The summed E-state index contributed by atoms with van der Waals surface area (Å²) in [7, 11) is 0. The summed E-state index contributed by atoms with van der Waals surface area (Å²) in [5.41, 5.74) is 8.23. The number of nitrogens with zero attached hydrogens (tertiary/aromatic N) is 1. The summed E-state index contributed by atoms with van der Waals surface area (Å²) >= 11 is 7.94. The number of thiophene rings is 1. The zero-order chi connectivity index (χ0) is 26.2. The van der Waals surface area contributed by atoms with Gasteiger partial charge in [-0.2, -0.15) is 0 Å². The van der Waals surface area contributed by atoms with Gasteiger partial charge in [0.25, 0.3) is 0 Å². The van der Waals surface area contributed by atoms with Gasteiger partial charge >= 0.3 is 0 Å². The van der Waals surface area contributed by atoms with Crippen molar-refractivity contribution in [2.75, 3.05) is 4.90 Å². The van der Waals surface area contributed by atoms with Crippen molar-refractivity contribution in [3.63, 3.8) is 0 Å². The van der Waals surface area contributed by atoms with E-state index >= 15 is 0 Å². The molecule has 6 aromatic carbocycles. The average molecular weight is 538 g/mol. The van der Waals surface area contributed by atoms with Crippen molar-refractivity contribution < 1.29 is 0 Å². The SMILES string of the molecule is Clc1ccc(-c2ccc3c(c2)sc2ccc(-c4ccc(N(c5ccccc5)c5ccccc5)cc4)cc23)cc1. The summed E-state index contributed by atoms with van der Waals surface area (Å²) < 4.78 is 2.60. The molecule has 7 aromatic rings. The summed E-state index contributed by atoms with van der Waals surface area (Å²) in [6, 6.07) is 51.5. The van der Waals surface area contributed by atoms with E-state index in [1.165, 1.54) is 42.4 Å². The highest BCUT2D eigenvalue weighted by Gasteiger charge is 2.13. The molecule has 0 atom stereocenters. The van der Waals surface area contributed by atoms with Crippen molar-refractivity contribution in [1.82, 2.24) is 0 Å². The van der Waals surface area contributed by atoms with Crippen LogP contribution in [0.4, 0.5) is 17.1 Å². The summed E-state index contributed by atoms with van der Waals surface area (Å²) in [4.78, 5) is 2.29. The molecule has 7 rings (SSSR count). The Hall–Kier alpha value is -4.37. The highest BCUT2D eigenvalue weighted by molar-refractivity contribution is 7.25. The lowest BCUT2D eigenvalue weighted by Gasteiger charge is -2.25. The number of hydrogen-bond donors (Lipinski definition) is 0. The molecule has 0 bridgehead atoms. The van der Waals surface area contributed by atoms with Crippen LogP contribution in [0.25, 0.3) is 42.4 Å². The highest BCUT2D eigenvalue weighted by atomic mass is 35.5. The molecule has 0 aliphatic carbocycles. The Morgan fingerprint density at radius 2 is 0.923 bits per heavy atom. The molecule has 0 fully saturated rings. The molecule has 0 N–H and O–H groups in total. The molecule has 0 spiro atoms. The van der Waals surface area contributed by atoms with E-state index < -0.39 is 0 Å². The Bertz CT molecular complexity index is 1850. The van der Waals surface area contributed by atoms with Crippen LogP contribution in [0.5, 0.6) is 0 Å². The first kappa shape index (κ1) is 23.7. The molecule has 39 heavy (non-hydrogen) atoms. The molecular weight excluding hydrogens is 514 g/mol. The molecule has 3 heteroatoms. The molecule has 0 aliphatic rings. The normalized spacial score (nSPS) is 11.2. The molecule has 1 aromatic heterocycles. The molecule has 1 nitrogen and oxygen atoms in total. The van der Waals surface area contributed by atoms with Crippen molar-refractivity contribution in [3.8, 4) is 22.3 Å². The van der Waals surface area contributed by atoms with Crippen molar-refractivity contribution >= 4 is 60.2 Å². The van der Waals surface area contributed by atoms with Crippen LogP contribution >= 0.6 is 22.9 Å². The maximum atomic E-state index is 6.09. The van der Waals surface area contributed by atoms with E-state index in [1.54, 1.807) is 0 Å². The second kappa shape index (κ2) is 10.1. The van der Waals surface area contributed by atoms with Gasteiger partial charge in [0.05, 0.1) is 0 Å². The van der Waals surface area contributed by atoms with Crippen molar-refractivity contribution in [1.29, 1.82) is 0 Å². The lowest BCUT2D eigenvalue weighted by molar-refractivity contribution is 1.28. The lowest BCUT2D eigenvalue weighted by atomic mass is 10.0. The monoisotopic (exact) mass is 537 g/mol. The van der Waals surface area contributed by atoms with Crippen molar-refractivity contribution in [2.45, 2.75) is 0 Å². The fraction of sp³-hybridized carbons (Fsp3) is 0. The highest BCUT2D eigenvalue weighted by Crippen LogP contribution is 2.39. The predicted molar refractivity (Wildman–Crippen MR) is 170 cm³/mol. The minimum atomic E-state index is 0.759. The third-order valence-electron chi connectivity index (χ3n) is 7.14. The van der Waals surface area contributed by atoms with E-state index in [0.29, 0.717) is 0 Å². The van der Waals surface area contributed by atoms with Crippen LogP contribution in [0.15, 0.2) is 146 Å². The van der Waals surface area contributed by atoms with Crippen LogP contribution in [-0.4, -0.2) is 0 Å². The summed E-state index contributed by atoms with van der Waals surface area (Å²) in [5, 5.41) is 3.36. The van der Waals surface area contributed by atoms with Gasteiger partial charge in [-0.05, 0) is 89.0 Å². The number of benzene rings is 6. The predicted octanol–water partition coefficient (Wildman–Crippen LogP) is 11.5. The van der Waals surface area contributed by atoms with Crippen LogP contribution in [-0.2, 0) is 0 Å². The Kier molecular flexibility index (Phi) is 6.13. The molecule has 1 heterocycles. The first-order valence-electron chi connectivity index (χ1n) is 13.0. The third kappa shape index (κ3) is 4.59. The Morgan fingerprint density at radius 3 is 1.56 bits per heavy atom. The molecule has 0 saturated heterocycles. The van der Waals surface area contributed by atoms with Crippen LogP contribution in [0.2, 0.25) is 5.02 Å². The minimum Gasteiger partial charge on any atom is -0.311 e. The Balaban J connectivity index is 1.24. The maximum Gasteiger partial charge on any atom is 0.0462 e. The van der Waals surface area contributed by atoms with Gasteiger partial charge in [0.15, 0.2) is 0 Å². The third-order valence-corrected chi connectivity index (χ3v) is 8.52. The molecule has 0 aliphatic heterocycles. The lowest BCUT2D eigenvalue weighted by Crippen LogP contribution is -2.09. The Labute approximate surface area is 237 Å². The summed E-state index contributed by atoms with van der Waals surface area (Å²) in [5.74, 6) is 0. The molecular formula is C36H24ClNS. The fourth-order valence-electron chi connectivity index (χ4n) is 5.18. The standard InChI is InChI=1S/C36H24ClNS/c37-29-17-11-25(12-18-29)28-15-21-33-34-23-27(16-22-35(34)39-36(33)24-28)26-13-19-32(20-14-26)38(30-7-3-1-4-8-30)31-9-5-2-6-10-31/h1-24H. The zero-order valence-electron chi connectivity index (χ0n) is 21.1. The number of halogens is 1. The van der Waals surface area contributed by atoms with E-state index in [4.69, 9.17) is 11.6 Å². The molecule has 0 radical (unpaired) electrons. The number of rotatable bonds is 5. The van der Waals surface area contributed by atoms with Gasteiger partial charge in [-0.25, -0.2) is 0 Å². The maximum absolute atomic E-state index is 6.09. The van der Waals surface area contributed by atoms with Crippen LogP contribution in [0.3, 0.4) is 0 Å². The molecule has 186 valence electrons. The summed E-state index contributed by atoms with van der Waals surface area (Å²) in [6.45, 7) is 0. The first-order chi connectivity index (χ1) is 19.2. The molecule has 0 saturated carbocycles. The van der Waals surface area contributed by atoms with Crippen molar-refractivity contribution in [3.05, 3.63) is 151 Å². The number of anilines is 3. The topological polar surface area (TPSA) is 3.24 Å². The van der Waals surface area contributed by atoms with Gasteiger partial charge in [-0.3, -0.25) is 0 Å². The quantitative estimate of drug-likeness (QED) is 0.211. The van der Waals surface area contributed by atoms with E-state index in [9.17, 15) is 0 Å². The van der Waals surface area contributed by atoms with Crippen LogP contribution < -0.4 is 4.90 Å². The van der Waals surface area contributed by atoms with Crippen LogP contribution in [0, 0.1) is 0 Å². The minimum absolute atomic E-state index is 0.759. The largest absolute Gasteiger partial charge is 0.311 e. The van der Waals surface area contributed by atoms with Gasteiger partial charge in [-0.15, -0.1) is 11.3 Å². The van der Waals surface area contributed by atoms with E-state index in [0.717, 1.165) is 22.1 Å². The molecule has 0 amide bonds. The van der Waals surface area contributed by atoms with Gasteiger partial charge in [0, 0.05) is 42.3 Å². The van der Waals surface area contributed by atoms with E-state index in [1.807, 2.05) is 23.5 Å². The number of para-hydroxylation sites is 2. The van der Waals surface area contributed by atoms with Gasteiger partial charge < -0.3 is 4.90 Å². The van der Waals surface area contributed by atoms with E-state index in [-0.39, 0.29) is 0 Å². The second-order valence-corrected chi connectivity index (χ2v) is 11.1. The number of fused-ring (bicyclic) bond motifs is 3. The number of hydrogen-bond acceptors (Lipinski definition) is 2.